The number of aromatic nitrogens is 4. The maximum Gasteiger partial charge on any atom is 0.332 e. The van der Waals surface area contributed by atoms with Crippen molar-refractivity contribution in [1.82, 2.24) is 29.3 Å². The van der Waals surface area contributed by atoms with Crippen LogP contribution in [0.3, 0.4) is 0 Å². The largest absolute Gasteiger partial charge is 0.334 e. The van der Waals surface area contributed by atoms with E-state index in [1.54, 1.807) is 0 Å². The zero-order valence-corrected chi connectivity index (χ0v) is 12.7. The Morgan fingerprint density at radius 1 is 1.30 bits per heavy atom. The highest BCUT2D eigenvalue weighted by Gasteiger charge is 2.16. The van der Waals surface area contributed by atoms with Crippen LogP contribution in [0.5, 0.6) is 0 Å². The Balaban J connectivity index is 2.30. The Hall–Kier alpha value is -3.17. The Labute approximate surface area is 130 Å². The number of imidazole rings is 1. The average molecular weight is 320 g/mol. The van der Waals surface area contributed by atoms with E-state index in [0.29, 0.717) is 0 Å². The number of fused-ring (bicyclic) bond motifs is 1. The van der Waals surface area contributed by atoms with Crippen molar-refractivity contribution in [2.45, 2.75) is 6.54 Å². The quantitative estimate of drug-likeness (QED) is 0.661. The summed E-state index contributed by atoms with van der Waals surface area (Å²) in [5.74, 6) is -0.623. The van der Waals surface area contributed by atoms with Gasteiger partial charge < -0.3 is 9.88 Å². The Kier molecular flexibility index (Phi) is 4.44. The van der Waals surface area contributed by atoms with Gasteiger partial charge in [-0.05, 0) is 0 Å². The fraction of sp³-hybridized carbons (Fsp3) is 0.308. The Bertz CT molecular complexity index is 904. The van der Waals surface area contributed by atoms with Crippen molar-refractivity contribution in [2.75, 3.05) is 6.54 Å². The molecule has 122 valence electrons. The van der Waals surface area contributed by atoms with Gasteiger partial charge in [-0.1, -0.05) is 6.08 Å². The fourth-order valence-electron chi connectivity index (χ4n) is 2.05. The summed E-state index contributed by atoms with van der Waals surface area (Å²) in [4.78, 5) is 51.2. The van der Waals surface area contributed by atoms with Gasteiger partial charge in [-0.3, -0.25) is 24.0 Å². The van der Waals surface area contributed by atoms with Crippen molar-refractivity contribution in [3.8, 4) is 0 Å². The number of nitrogens with one attached hydrogen (secondary N) is 2. The molecular weight excluding hydrogens is 304 g/mol. The standard InChI is InChI=1S/C13H16N6O4/c1-4-5-14-12(22)16-8(20)6-19-7-15-10-9(19)11(21)18(3)13(23)17(10)2/h4,7H,1,5-6H2,2-3H3,(H2,14,16,20,22). The average Bonchev–Trinajstić information content (AvgIpc) is 2.92. The molecule has 2 heterocycles. The van der Waals surface area contributed by atoms with Gasteiger partial charge in [0.05, 0.1) is 6.33 Å². The van der Waals surface area contributed by atoms with Gasteiger partial charge in [0.2, 0.25) is 5.91 Å². The highest BCUT2D eigenvalue weighted by Crippen LogP contribution is 2.04. The second kappa shape index (κ2) is 6.30. The molecular formula is C13H16N6O4. The summed E-state index contributed by atoms with van der Waals surface area (Å²) in [7, 11) is 2.81. The molecule has 0 atom stereocenters. The van der Waals surface area contributed by atoms with Crippen molar-refractivity contribution >= 4 is 23.1 Å². The fourth-order valence-corrected chi connectivity index (χ4v) is 2.05. The number of urea groups is 1. The molecule has 0 unspecified atom stereocenters. The van der Waals surface area contributed by atoms with E-state index in [4.69, 9.17) is 0 Å². The molecule has 2 aromatic rings. The van der Waals surface area contributed by atoms with Crippen LogP contribution >= 0.6 is 0 Å². The van der Waals surface area contributed by atoms with Crippen molar-refractivity contribution in [1.29, 1.82) is 0 Å². The molecule has 0 saturated carbocycles. The molecule has 10 heteroatoms. The molecule has 0 aliphatic rings. The lowest BCUT2D eigenvalue weighted by atomic mass is 10.4. The van der Waals surface area contributed by atoms with Gasteiger partial charge in [-0.2, -0.15) is 0 Å². The molecule has 0 saturated heterocycles. The summed E-state index contributed by atoms with van der Waals surface area (Å²) in [6.07, 6.45) is 2.74. The molecule has 2 N–H and O–H groups in total. The predicted octanol–water partition coefficient (Wildman–Crippen LogP) is -1.55. The smallest absolute Gasteiger partial charge is 0.332 e. The Morgan fingerprint density at radius 3 is 2.65 bits per heavy atom. The molecule has 0 aliphatic heterocycles. The minimum Gasteiger partial charge on any atom is -0.334 e. The van der Waals surface area contributed by atoms with E-state index in [-0.39, 0.29) is 24.3 Å². The first-order valence-corrected chi connectivity index (χ1v) is 6.66. The van der Waals surface area contributed by atoms with Crippen LogP contribution in [0.15, 0.2) is 28.6 Å². The van der Waals surface area contributed by atoms with Gasteiger partial charge in [0, 0.05) is 20.6 Å². The first kappa shape index (κ1) is 16.2. The molecule has 0 radical (unpaired) electrons. The number of rotatable bonds is 4. The Morgan fingerprint density at radius 2 is 2.00 bits per heavy atom. The molecule has 2 aromatic heterocycles. The lowest BCUT2D eigenvalue weighted by Gasteiger charge is -2.07. The normalized spacial score (nSPS) is 10.5. The van der Waals surface area contributed by atoms with E-state index in [0.717, 1.165) is 4.57 Å². The third kappa shape index (κ3) is 3.05. The van der Waals surface area contributed by atoms with Crippen LogP contribution in [0.1, 0.15) is 0 Å². The molecule has 2 rings (SSSR count). The van der Waals surface area contributed by atoms with Gasteiger partial charge >= 0.3 is 11.7 Å². The summed E-state index contributed by atoms with van der Waals surface area (Å²) >= 11 is 0. The lowest BCUT2D eigenvalue weighted by molar-refractivity contribution is -0.120. The van der Waals surface area contributed by atoms with E-state index in [2.05, 4.69) is 22.2 Å². The molecule has 0 aliphatic carbocycles. The van der Waals surface area contributed by atoms with Gasteiger partial charge in [0.1, 0.15) is 6.54 Å². The summed E-state index contributed by atoms with van der Waals surface area (Å²) in [6.45, 7) is 3.37. The number of carbonyl (C=O) groups excluding carboxylic acids is 2. The zero-order chi connectivity index (χ0) is 17.1. The van der Waals surface area contributed by atoms with Gasteiger partial charge in [-0.25, -0.2) is 14.6 Å². The summed E-state index contributed by atoms with van der Waals surface area (Å²) in [5, 5.41) is 4.51. The van der Waals surface area contributed by atoms with Crippen LogP contribution in [0.2, 0.25) is 0 Å². The van der Waals surface area contributed by atoms with Crippen molar-refractivity contribution < 1.29 is 9.59 Å². The minimum atomic E-state index is -0.667. The highest BCUT2D eigenvalue weighted by atomic mass is 16.2. The highest BCUT2D eigenvalue weighted by molar-refractivity contribution is 5.94. The number of hydrogen-bond acceptors (Lipinski definition) is 5. The van der Waals surface area contributed by atoms with Gasteiger partial charge in [0.25, 0.3) is 5.56 Å². The number of hydrogen-bond donors (Lipinski definition) is 2. The van der Waals surface area contributed by atoms with Crippen LogP contribution in [0.25, 0.3) is 11.2 Å². The lowest BCUT2D eigenvalue weighted by Crippen LogP contribution is -2.41. The van der Waals surface area contributed by atoms with Crippen LogP contribution in [0.4, 0.5) is 4.79 Å². The summed E-state index contributed by atoms with van der Waals surface area (Å²) in [5.41, 5.74) is -0.802. The molecule has 0 spiro atoms. The molecule has 0 aromatic carbocycles. The van der Waals surface area contributed by atoms with Crippen molar-refractivity contribution in [2.24, 2.45) is 14.1 Å². The second-order valence-electron chi connectivity index (χ2n) is 4.80. The summed E-state index contributed by atoms with van der Waals surface area (Å²) < 4.78 is 3.42. The molecule has 0 fully saturated rings. The van der Waals surface area contributed by atoms with Crippen LogP contribution in [0, 0.1) is 0 Å². The third-order valence-corrected chi connectivity index (χ3v) is 3.19. The number of nitrogens with zero attached hydrogens (tertiary/aromatic N) is 4. The first-order valence-electron chi connectivity index (χ1n) is 6.66. The molecule has 23 heavy (non-hydrogen) atoms. The maximum atomic E-state index is 12.2. The SMILES string of the molecule is C=CCNC(=O)NC(=O)Cn1cnc2c1c(=O)n(C)c(=O)n2C. The molecule has 0 bridgehead atoms. The van der Waals surface area contributed by atoms with Crippen LogP contribution in [-0.4, -0.2) is 37.2 Å². The first-order chi connectivity index (χ1) is 10.9. The summed E-state index contributed by atoms with van der Waals surface area (Å²) in [6, 6.07) is -0.667. The maximum absolute atomic E-state index is 12.2. The van der Waals surface area contributed by atoms with E-state index >= 15 is 0 Å². The van der Waals surface area contributed by atoms with Crippen LogP contribution in [-0.2, 0) is 25.4 Å². The molecule has 10 nitrogen and oxygen atoms in total. The van der Waals surface area contributed by atoms with Gasteiger partial charge in [0.15, 0.2) is 11.2 Å². The number of amides is 3. The van der Waals surface area contributed by atoms with E-state index in [9.17, 15) is 19.2 Å². The second-order valence-corrected chi connectivity index (χ2v) is 4.80. The minimum absolute atomic E-state index is 0.108. The predicted molar refractivity (Wildman–Crippen MR) is 82.0 cm³/mol. The number of aryl methyl sites for hydroxylation is 1. The van der Waals surface area contributed by atoms with E-state index in [1.165, 1.54) is 35.6 Å². The third-order valence-electron chi connectivity index (χ3n) is 3.19. The van der Waals surface area contributed by atoms with Crippen molar-refractivity contribution in [3.05, 3.63) is 39.8 Å². The molecule has 3 amide bonds. The topological polar surface area (TPSA) is 120 Å². The van der Waals surface area contributed by atoms with E-state index in [1.807, 2.05) is 0 Å². The monoisotopic (exact) mass is 320 g/mol. The van der Waals surface area contributed by atoms with Crippen molar-refractivity contribution in [3.63, 3.8) is 0 Å². The van der Waals surface area contributed by atoms with Crippen LogP contribution < -0.4 is 21.9 Å². The number of imide groups is 1. The number of carbonyl (C=O) groups is 2. The van der Waals surface area contributed by atoms with E-state index < -0.39 is 23.2 Å². The zero-order valence-electron chi connectivity index (χ0n) is 12.7. The van der Waals surface area contributed by atoms with Gasteiger partial charge in [-0.15, -0.1) is 6.58 Å².